The molecule has 11 heteroatoms. The van der Waals surface area contributed by atoms with Crippen LogP contribution in [0.5, 0.6) is 0 Å². The van der Waals surface area contributed by atoms with Gasteiger partial charge >= 0.3 is 10.2 Å². The Morgan fingerprint density at radius 3 is 1.81 bits per heavy atom. The second kappa shape index (κ2) is 6.18. The first-order valence-electron chi connectivity index (χ1n) is 5.64. The predicted octanol–water partition coefficient (Wildman–Crippen LogP) is 2.41. The summed E-state index contributed by atoms with van der Waals surface area (Å²) in [6.45, 7) is 2.82. The molecular formula is C10H12F4N2O3S2. The van der Waals surface area contributed by atoms with E-state index in [1.54, 1.807) is 0 Å². The lowest BCUT2D eigenvalue weighted by Gasteiger charge is -2.09. The van der Waals surface area contributed by atoms with E-state index in [1.807, 2.05) is 0 Å². The summed E-state index contributed by atoms with van der Waals surface area (Å²) in [4.78, 5) is 0. The number of benzene rings is 1. The van der Waals surface area contributed by atoms with Gasteiger partial charge in [-0.2, -0.15) is 8.42 Å². The van der Waals surface area contributed by atoms with Crippen LogP contribution in [-0.4, -0.2) is 24.1 Å². The third-order valence-electron chi connectivity index (χ3n) is 2.48. The van der Waals surface area contributed by atoms with Gasteiger partial charge in [-0.3, -0.25) is 4.72 Å². The Morgan fingerprint density at radius 2 is 1.43 bits per heavy atom. The van der Waals surface area contributed by atoms with Crippen LogP contribution in [-0.2, 0) is 19.9 Å². The molecule has 0 aliphatic carbocycles. The minimum absolute atomic E-state index is 0.0686. The van der Waals surface area contributed by atoms with Crippen LogP contribution in [0.15, 0.2) is 9.83 Å². The van der Waals surface area contributed by atoms with Gasteiger partial charge in [0.15, 0.2) is 23.3 Å². The van der Waals surface area contributed by atoms with E-state index < -0.39 is 48.9 Å². The summed E-state index contributed by atoms with van der Waals surface area (Å²) < 4.78 is 92.1. The molecule has 0 saturated carbocycles. The fraction of sp³-hybridized carbons (Fsp3) is 0.400. The largest absolute Gasteiger partial charge is 0.350 e. The van der Waals surface area contributed by atoms with E-state index in [0.717, 1.165) is 0 Å². The highest BCUT2D eigenvalue weighted by Gasteiger charge is 2.24. The molecule has 0 bridgehead atoms. The van der Waals surface area contributed by atoms with Gasteiger partial charge in [-0.25, -0.2) is 21.8 Å². The quantitative estimate of drug-likeness (QED) is 0.656. The van der Waals surface area contributed by atoms with Crippen molar-refractivity contribution in [2.45, 2.75) is 13.8 Å². The first kappa shape index (κ1) is 17.7. The van der Waals surface area contributed by atoms with Crippen molar-refractivity contribution in [3.05, 3.63) is 29.3 Å². The van der Waals surface area contributed by atoms with Gasteiger partial charge in [0.1, 0.15) is 5.69 Å². The van der Waals surface area contributed by atoms with Crippen LogP contribution < -0.4 is 4.72 Å². The smallest absolute Gasteiger partial charge is 0.258 e. The van der Waals surface area contributed by atoms with E-state index in [0.29, 0.717) is 0 Å². The molecule has 0 saturated heterocycles. The van der Waals surface area contributed by atoms with Gasteiger partial charge in [0, 0.05) is 17.6 Å². The zero-order chi connectivity index (χ0) is 16.4. The first-order valence-corrected chi connectivity index (χ1v) is 8.94. The molecule has 0 aliphatic rings. The summed E-state index contributed by atoms with van der Waals surface area (Å²) in [7, 11) is -7.96. The lowest BCUT2D eigenvalue weighted by atomic mass is 10.3. The van der Waals surface area contributed by atoms with Crippen molar-refractivity contribution in [1.29, 1.82) is 0 Å². The van der Waals surface area contributed by atoms with Crippen molar-refractivity contribution in [3.63, 3.8) is 0 Å². The minimum atomic E-state index is -4.81. The first-order chi connectivity index (χ1) is 9.55. The van der Waals surface area contributed by atoms with Crippen LogP contribution in [0.2, 0.25) is 0 Å². The number of rotatable bonds is 5. The molecule has 21 heavy (non-hydrogen) atoms. The van der Waals surface area contributed by atoms with Crippen molar-refractivity contribution in [2.24, 2.45) is 3.77 Å². The Labute approximate surface area is 119 Å². The van der Waals surface area contributed by atoms with Gasteiger partial charge in [-0.05, 0) is 0 Å². The van der Waals surface area contributed by atoms with Crippen LogP contribution in [0, 0.1) is 23.3 Å². The number of hydrogen-bond donors (Lipinski definition) is 1. The second-order valence-corrected chi connectivity index (χ2v) is 8.30. The van der Waals surface area contributed by atoms with Crippen LogP contribution in [0.3, 0.4) is 0 Å². The molecule has 0 atom stereocenters. The molecule has 1 aromatic rings. The number of hydrogen-bond acceptors (Lipinski definition) is 3. The Bertz CT molecular complexity index is 735. The minimum Gasteiger partial charge on any atom is -0.258 e. The molecule has 5 nitrogen and oxygen atoms in total. The lowest BCUT2D eigenvalue weighted by molar-refractivity contribution is 0.459. The SMILES string of the molecule is CCS(=O)(CC)=NS(=O)(=O)Nc1c(F)c(F)cc(F)c1F. The summed E-state index contributed by atoms with van der Waals surface area (Å²) in [6.07, 6.45) is 0. The predicted molar refractivity (Wildman–Crippen MR) is 70.5 cm³/mol. The molecule has 0 radical (unpaired) electrons. The summed E-state index contributed by atoms with van der Waals surface area (Å²) in [6, 6.07) is -0.0686. The van der Waals surface area contributed by atoms with Crippen molar-refractivity contribution in [2.75, 3.05) is 16.2 Å². The van der Waals surface area contributed by atoms with E-state index in [-0.39, 0.29) is 17.6 Å². The van der Waals surface area contributed by atoms with Gasteiger partial charge < -0.3 is 0 Å². The lowest BCUT2D eigenvalue weighted by Crippen LogP contribution is -2.18. The molecule has 0 amide bonds. The normalized spacial score (nSPS) is 12.3. The third kappa shape index (κ3) is 4.06. The third-order valence-corrected chi connectivity index (χ3v) is 6.62. The van der Waals surface area contributed by atoms with Gasteiger partial charge in [-0.15, -0.1) is 0 Å². The topological polar surface area (TPSA) is 75.6 Å². The maximum absolute atomic E-state index is 13.3. The Hall–Kier alpha value is -1.36. The molecule has 0 aromatic heterocycles. The molecular weight excluding hydrogens is 336 g/mol. The number of nitrogens with one attached hydrogen (secondary N) is 1. The zero-order valence-corrected chi connectivity index (χ0v) is 12.6. The van der Waals surface area contributed by atoms with Gasteiger partial charge in [0.05, 0.1) is 9.73 Å². The number of anilines is 1. The van der Waals surface area contributed by atoms with Crippen molar-refractivity contribution >= 4 is 25.6 Å². The number of nitrogens with zero attached hydrogens (tertiary/aromatic N) is 1. The van der Waals surface area contributed by atoms with Crippen LogP contribution in [0.1, 0.15) is 13.8 Å². The second-order valence-electron chi connectivity index (χ2n) is 3.84. The van der Waals surface area contributed by atoms with Crippen LogP contribution >= 0.6 is 0 Å². The van der Waals surface area contributed by atoms with Crippen LogP contribution in [0.4, 0.5) is 23.2 Å². The molecule has 1 N–H and O–H groups in total. The zero-order valence-electron chi connectivity index (χ0n) is 11.0. The van der Waals surface area contributed by atoms with Gasteiger partial charge in [-0.1, -0.05) is 17.6 Å². The maximum atomic E-state index is 13.3. The van der Waals surface area contributed by atoms with Crippen LogP contribution in [0.25, 0.3) is 0 Å². The molecule has 0 fully saturated rings. The Morgan fingerprint density at radius 1 is 1.00 bits per heavy atom. The van der Waals surface area contributed by atoms with E-state index in [9.17, 15) is 30.2 Å². The summed E-state index contributed by atoms with van der Waals surface area (Å²) in [5, 5.41) is 0. The average molecular weight is 348 g/mol. The Balaban J connectivity index is 3.39. The van der Waals surface area contributed by atoms with Gasteiger partial charge in [0.25, 0.3) is 0 Å². The van der Waals surface area contributed by atoms with E-state index >= 15 is 0 Å². The van der Waals surface area contributed by atoms with Crippen molar-refractivity contribution in [3.8, 4) is 0 Å². The summed E-state index contributed by atoms with van der Waals surface area (Å²) in [5.74, 6) is -7.64. The summed E-state index contributed by atoms with van der Waals surface area (Å²) in [5.41, 5.74) is -1.55. The fourth-order valence-electron chi connectivity index (χ4n) is 1.30. The highest BCUT2D eigenvalue weighted by atomic mass is 32.3. The highest BCUT2D eigenvalue weighted by Crippen LogP contribution is 2.25. The average Bonchev–Trinajstić information content (AvgIpc) is 2.41. The van der Waals surface area contributed by atoms with E-state index in [1.165, 1.54) is 18.6 Å². The molecule has 0 heterocycles. The maximum Gasteiger partial charge on any atom is 0.350 e. The monoisotopic (exact) mass is 348 g/mol. The highest BCUT2D eigenvalue weighted by molar-refractivity contribution is 8.03. The van der Waals surface area contributed by atoms with Crippen molar-refractivity contribution in [1.82, 2.24) is 0 Å². The molecule has 120 valence electrons. The van der Waals surface area contributed by atoms with E-state index in [4.69, 9.17) is 0 Å². The van der Waals surface area contributed by atoms with Crippen molar-refractivity contribution < 1.29 is 30.2 Å². The number of halogens is 4. The molecule has 0 spiro atoms. The standard InChI is InChI=1S/C10H12F4N2O3S2/c1-3-20(17,4-2)16-21(18,19)15-10-8(13)6(11)5-7(12)9(10)14/h5,15H,3-4H2,1-2H3. The molecule has 1 rings (SSSR count). The molecule has 0 aliphatic heterocycles. The Kier molecular flexibility index (Phi) is 5.20. The summed E-state index contributed by atoms with van der Waals surface area (Å²) >= 11 is 0. The fourth-order valence-corrected chi connectivity index (χ4v) is 4.57. The van der Waals surface area contributed by atoms with Gasteiger partial charge in [0.2, 0.25) is 0 Å². The molecule has 0 unspecified atom stereocenters. The van der Waals surface area contributed by atoms with E-state index in [2.05, 4.69) is 3.77 Å². The molecule has 1 aromatic carbocycles.